The largest absolute Gasteiger partial charge is 0.198 e. The predicted molar refractivity (Wildman–Crippen MR) is 58.2 cm³/mol. The number of halogens is 2. The van der Waals surface area contributed by atoms with Crippen LogP contribution in [0.25, 0.3) is 0 Å². The van der Waals surface area contributed by atoms with E-state index in [4.69, 9.17) is 16.9 Å². The van der Waals surface area contributed by atoms with Gasteiger partial charge in [-0.1, -0.05) is 11.6 Å². The first-order valence-electron chi connectivity index (χ1n) is 3.46. The van der Waals surface area contributed by atoms with E-state index in [9.17, 15) is 0 Å². The molecule has 62 valence electrons. The zero-order valence-corrected chi connectivity index (χ0v) is 9.48. The number of hydrogen-bond acceptors (Lipinski definition) is 1. The molecule has 12 heavy (non-hydrogen) atoms. The number of aryl methyl sites for hydroxylation is 1. The van der Waals surface area contributed by atoms with Crippen molar-refractivity contribution in [1.29, 1.82) is 5.26 Å². The molecular formula is C9H7ClIN. The molecular weight excluding hydrogens is 284 g/mol. The van der Waals surface area contributed by atoms with Crippen molar-refractivity contribution >= 4 is 34.2 Å². The molecule has 0 aromatic heterocycles. The lowest BCUT2D eigenvalue weighted by atomic mass is 10.1. The molecule has 0 saturated heterocycles. The minimum absolute atomic E-state index is 0.385. The molecule has 0 radical (unpaired) electrons. The van der Waals surface area contributed by atoms with Crippen LogP contribution in [0.1, 0.15) is 11.1 Å². The van der Waals surface area contributed by atoms with Gasteiger partial charge < -0.3 is 0 Å². The molecule has 0 aliphatic rings. The maximum absolute atomic E-state index is 8.51. The van der Waals surface area contributed by atoms with Gasteiger partial charge >= 0.3 is 0 Å². The Labute approximate surface area is 90.5 Å². The highest BCUT2D eigenvalue weighted by Gasteiger charge is 2.03. The van der Waals surface area contributed by atoms with Crippen molar-refractivity contribution in [2.75, 3.05) is 0 Å². The van der Waals surface area contributed by atoms with Crippen LogP contribution in [0.3, 0.4) is 0 Å². The summed E-state index contributed by atoms with van der Waals surface area (Å²) in [4.78, 5) is 0. The fourth-order valence-corrected chi connectivity index (χ4v) is 2.03. The van der Waals surface area contributed by atoms with E-state index in [2.05, 4.69) is 28.7 Å². The fourth-order valence-electron chi connectivity index (χ4n) is 1.01. The molecule has 0 fully saturated rings. The van der Waals surface area contributed by atoms with E-state index < -0.39 is 0 Å². The van der Waals surface area contributed by atoms with Gasteiger partial charge in [-0.05, 0) is 52.8 Å². The molecule has 0 N–H and O–H groups in total. The highest BCUT2D eigenvalue weighted by Crippen LogP contribution is 2.23. The number of nitrogens with zero attached hydrogens (tertiary/aromatic N) is 1. The van der Waals surface area contributed by atoms with Crippen LogP contribution in [-0.2, 0) is 6.42 Å². The average Bonchev–Trinajstić information content (AvgIpc) is 2.00. The van der Waals surface area contributed by atoms with Gasteiger partial charge in [0.15, 0.2) is 0 Å². The topological polar surface area (TPSA) is 23.8 Å². The van der Waals surface area contributed by atoms with Gasteiger partial charge in [0.2, 0.25) is 0 Å². The van der Waals surface area contributed by atoms with E-state index in [0.29, 0.717) is 6.42 Å². The third kappa shape index (κ3) is 2.11. The number of benzene rings is 1. The van der Waals surface area contributed by atoms with Gasteiger partial charge in [-0.25, -0.2) is 0 Å². The summed E-state index contributed by atoms with van der Waals surface area (Å²) in [5, 5.41) is 9.23. The first-order valence-corrected chi connectivity index (χ1v) is 4.92. The summed E-state index contributed by atoms with van der Waals surface area (Å²) >= 11 is 8.21. The Balaban J connectivity index is 3.20. The van der Waals surface area contributed by atoms with E-state index >= 15 is 0 Å². The van der Waals surface area contributed by atoms with Crippen LogP contribution >= 0.6 is 34.2 Å². The minimum Gasteiger partial charge on any atom is -0.198 e. The second kappa shape index (κ2) is 4.11. The Bertz CT molecular complexity index is 341. The predicted octanol–water partition coefficient (Wildman–Crippen LogP) is 3.32. The quantitative estimate of drug-likeness (QED) is 0.728. The summed E-state index contributed by atoms with van der Waals surface area (Å²) in [6, 6.07) is 6.04. The SMILES string of the molecule is Cc1cc(I)cc(CC#N)c1Cl. The van der Waals surface area contributed by atoms with Crippen LogP contribution < -0.4 is 0 Å². The molecule has 0 atom stereocenters. The van der Waals surface area contributed by atoms with Gasteiger partial charge in [0.25, 0.3) is 0 Å². The average molecular weight is 292 g/mol. The molecule has 3 heteroatoms. The number of hydrogen-bond donors (Lipinski definition) is 0. The monoisotopic (exact) mass is 291 g/mol. The van der Waals surface area contributed by atoms with Crippen LogP contribution in [-0.4, -0.2) is 0 Å². The minimum atomic E-state index is 0.385. The van der Waals surface area contributed by atoms with Crippen LogP contribution in [0, 0.1) is 21.8 Å². The first kappa shape index (κ1) is 9.82. The summed E-state index contributed by atoms with van der Waals surface area (Å²) in [6.07, 6.45) is 0.385. The highest BCUT2D eigenvalue weighted by atomic mass is 127. The summed E-state index contributed by atoms with van der Waals surface area (Å²) in [7, 11) is 0. The van der Waals surface area contributed by atoms with Crippen molar-refractivity contribution < 1.29 is 0 Å². The number of nitriles is 1. The van der Waals surface area contributed by atoms with Gasteiger partial charge in [-0.2, -0.15) is 5.26 Å². The number of rotatable bonds is 1. The van der Waals surface area contributed by atoms with Crippen LogP contribution in [0.5, 0.6) is 0 Å². The van der Waals surface area contributed by atoms with E-state index in [0.717, 1.165) is 19.7 Å². The summed E-state index contributed by atoms with van der Waals surface area (Å²) in [5.41, 5.74) is 1.96. The molecule has 1 aromatic rings. The van der Waals surface area contributed by atoms with Gasteiger partial charge in [-0.3, -0.25) is 0 Å². The van der Waals surface area contributed by atoms with Crippen molar-refractivity contribution in [1.82, 2.24) is 0 Å². The molecule has 0 spiro atoms. The molecule has 0 aliphatic heterocycles. The van der Waals surface area contributed by atoms with Gasteiger partial charge in [-0.15, -0.1) is 0 Å². The Morgan fingerprint density at radius 1 is 1.58 bits per heavy atom. The zero-order valence-electron chi connectivity index (χ0n) is 6.56. The molecule has 1 nitrogen and oxygen atoms in total. The van der Waals surface area contributed by atoms with Gasteiger partial charge in [0, 0.05) is 8.59 Å². The lowest BCUT2D eigenvalue weighted by Crippen LogP contribution is -1.88. The van der Waals surface area contributed by atoms with Crippen LogP contribution in [0.4, 0.5) is 0 Å². The molecule has 0 unspecified atom stereocenters. The maximum Gasteiger partial charge on any atom is 0.0670 e. The van der Waals surface area contributed by atoms with E-state index in [1.807, 2.05) is 19.1 Å². The third-order valence-electron chi connectivity index (χ3n) is 1.56. The van der Waals surface area contributed by atoms with Crippen molar-refractivity contribution in [3.8, 4) is 6.07 Å². The lowest BCUT2D eigenvalue weighted by molar-refractivity contribution is 1.24. The molecule has 0 heterocycles. The molecule has 0 aliphatic carbocycles. The molecule has 0 amide bonds. The summed E-state index contributed by atoms with van der Waals surface area (Å²) in [6.45, 7) is 1.95. The Morgan fingerprint density at radius 2 is 2.25 bits per heavy atom. The van der Waals surface area contributed by atoms with Crippen molar-refractivity contribution in [2.24, 2.45) is 0 Å². The first-order chi connectivity index (χ1) is 5.65. The molecule has 1 aromatic carbocycles. The fraction of sp³-hybridized carbons (Fsp3) is 0.222. The second-order valence-electron chi connectivity index (χ2n) is 2.53. The Morgan fingerprint density at radius 3 is 2.83 bits per heavy atom. The zero-order chi connectivity index (χ0) is 9.14. The highest BCUT2D eigenvalue weighted by molar-refractivity contribution is 14.1. The maximum atomic E-state index is 8.51. The molecule has 0 bridgehead atoms. The summed E-state index contributed by atoms with van der Waals surface area (Å²) < 4.78 is 1.12. The third-order valence-corrected chi connectivity index (χ3v) is 2.73. The van der Waals surface area contributed by atoms with Crippen LogP contribution in [0.15, 0.2) is 12.1 Å². The van der Waals surface area contributed by atoms with E-state index in [-0.39, 0.29) is 0 Å². The molecule has 1 rings (SSSR count). The second-order valence-corrected chi connectivity index (χ2v) is 4.15. The van der Waals surface area contributed by atoms with Crippen molar-refractivity contribution in [3.63, 3.8) is 0 Å². The lowest BCUT2D eigenvalue weighted by Gasteiger charge is -2.03. The smallest absolute Gasteiger partial charge is 0.0670 e. The molecule has 0 saturated carbocycles. The Hall–Kier alpha value is -0.270. The van der Waals surface area contributed by atoms with Crippen molar-refractivity contribution in [3.05, 3.63) is 31.9 Å². The Kier molecular flexibility index (Phi) is 3.36. The van der Waals surface area contributed by atoms with E-state index in [1.165, 1.54) is 0 Å². The summed E-state index contributed by atoms with van der Waals surface area (Å²) in [5.74, 6) is 0. The van der Waals surface area contributed by atoms with E-state index in [1.54, 1.807) is 0 Å². The standard InChI is InChI=1S/C9H7ClIN/c1-6-4-8(11)5-7(2-3-12)9(6)10/h4-5H,2H2,1H3. The van der Waals surface area contributed by atoms with Gasteiger partial charge in [0.1, 0.15) is 0 Å². The van der Waals surface area contributed by atoms with Gasteiger partial charge in [0.05, 0.1) is 12.5 Å². The van der Waals surface area contributed by atoms with Crippen LogP contribution in [0.2, 0.25) is 5.02 Å². The van der Waals surface area contributed by atoms with Crippen molar-refractivity contribution in [2.45, 2.75) is 13.3 Å². The normalized spacial score (nSPS) is 9.50.